The van der Waals surface area contributed by atoms with Gasteiger partial charge in [0.1, 0.15) is 5.75 Å². The SMILES string of the molecule is COc1ccc(Cn2nnnc2SCc2nc(-c3cc(Br)cs3)no2)cc1. The van der Waals surface area contributed by atoms with E-state index in [4.69, 9.17) is 9.26 Å². The van der Waals surface area contributed by atoms with Gasteiger partial charge in [-0.2, -0.15) is 4.98 Å². The molecule has 0 atom stereocenters. The number of nitrogens with zero attached hydrogens (tertiary/aromatic N) is 6. The molecule has 27 heavy (non-hydrogen) atoms. The van der Waals surface area contributed by atoms with Gasteiger partial charge < -0.3 is 9.26 Å². The molecule has 0 radical (unpaired) electrons. The Morgan fingerprint density at radius 3 is 2.89 bits per heavy atom. The third-order valence-corrected chi connectivity index (χ3v) is 6.20. The molecule has 0 spiro atoms. The molecule has 0 unspecified atom stereocenters. The van der Waals surface area contributed by atoms with Crippen molar-refractivity contribution in [2.24, 2.45) is 0 Å². The molecule has 0 saturated carbocycles. The van der Waals surface area contributed by atoms with Crippen molar-refractivity contribution in [2.75, 3.05) is 7.11 Å². The summed E-state index contributed by atoms with van der Waals surface area (Å²) in [5, 5.41) is 18.6. The predicted octanol–water partition coefficient (Wildman–Crippen LogP) is 3.90. The second-order valence-corrected chi connectivity index (χ2v) is 8.17. The molecule has 3 aromatic heterocycles. The Balaban J connectivity index is 1.40. The second-order valence-electron chi connectivity index (χ2n) is 5.40. The van der Waals surface area contributed by atoms with E-state index in [1.807, 2.05) is 35.7 Å². The summed E-state index contributed by atoms with van der Waals surface area (Å²) in [6, 6.07) is 9.75. The van der Waals surface area contributed by atoms with E-state index in [2.05, 4.69) is 41.6 Å². The van der Waals surface area contributed by atoms with Gasteiger partial charge in [0.15, 0.2) is 0 Å². The molecule has 4 rings (SSSR count). The molecule has 0 saturated heterocycles. The van der Waals surface area contributed by atoms with Crippen molar-refractivity contribution in [2.45, 2.75) is 17.5 Å². The minimum atomic E-state index is 0.489. The highest BCUT2D eigenvalue weighted by atomic mass is 79.9. The Labute approximate surface area is 171 Å². The fourth-order valence-corrected chi connectivity index (χ4v) is 4.34. The van der Waals surface area contributed by atoms with Crippen LogP contribution in [0.3, 0.4) is 0 Å². The summed E-state index contributed by atoms with van der Waals surface area (Å²) in [5.41, 5.74) is 1.08. The number of benzene rings is 1. The first kappa shape index (κ1) is 18.1. The van der Waals surface area contributed by atoms with Crippen LogP contribution in [-0.4, -0.2) is 37.5 Å². The van der Waals surface area contributed by atoms with Crippen LogP contribution in [0.15, 0.2) is 49.9 Å². The average molecular weight is 465 g/mol. The van der Waals surface area contributed by atoms with Crippen LogP contribution in [0.4, 0.5) is 0 Å². The van der Waals surface area contributed by atoms with Crippen LogP contribution in [-0.2, 0) is 12.3 Å². The molecule has 138 valence electrons. The number of halogens is 1. The van der Waals surface area contributed by atoms with E-state index in [9.17, 15) is 0 Å². The molecule has 0 amide bonds. The van der Waals surface area contributed by atoms with Crippen molar-refractivity contribution in [1.82, 2.24) is 30.3 Å². The van der Waals surface area contributed by atoms with Crippen molar-refractivity contribution in [3.05, 3.63) is 51.6 Å². The molecule has 3 heterocycles. The number of tetrazole rings is 1. The van der Waals surface area contributed by atoms with E-state index in [0.29, 0.717) is 29.2 Å². The molecule has 0 N–H and O–H groups in total. The number of thiophene rings is 1. The lowest BCUT2D eigenvalue weighted by Crippen LogP contribution is -2.04. The molecular formula is C16H13BrN6O2S2. The van der Waals surface area contributed by atoms with Gasteiger partial charge in [-0.05, 0) is 50.1 Å². The molecule has 0 aliphatic heterocycles. The third kappa shape index (κ3) is 4.37. The summed E-state index contributed by atoms with van der Waals surface area (Å²) in [5.74, 6) is 2.41. The maximum atomic E-state index is 5.33. The smallest absolute Gasteiger partial charge is 0.237 e. The molecule has 11 heteroatoms. The van der Waals surface area contributed by atoms with Crippen LogP contribution >= 0.6 is 39.0 Å². The molecule has 4 aromatic rings. The first-order valence-corrected chi connectivity index (χ1v) is 10.5. The summed E-state index contributed by atoms with van der Waals surface area (Å²) in [4.78, 5) is 5.38. The van der Waals surface area contributed by atoms with Gasteiger partial charge in [0, 0.05) is 9.85 Å². The molecule has 0 bridgehead atoms. The van der Waals surface area contributed by atoms with Gasteiger partial charge in [0.05, 0.1) is 24.3 Å². The minimum Gasteiger partial charge on any atom is -0.497 e. The van der Waals surface area contributed by atoms with Crippen LogP contribution < -0.4 is 4.74 Å². The van der Waals surface area contributed by atoms with E-state index in [1.54, 1.807) is 23.1 Å². The zero-order valence-electron chi connectivity index (χ0n) is 14.1. The van der Waals surface area contributed by atoms with E-state index in [1.165, 1.54) is 11.8 Å². The number of thioether (sulfide) groups is 1. The van der Waals surface area contributed by atoms with Crippen LogP contribution in [0.25, 0.3) is 10.7 Å². The highest BCUT2D eigenvalue weighted by Crippen LogP contribution is 2.28. The zero-order valence-corrected chi connectivity index (χ0v) is 17.3. The second kappa shape index (κ2) is 8.19. The number of ether oxygens (including phenoxy) is 1. The Morgan fingerprint density at radius 2 is 2.15 bits per heavy atom. The lowest BCUT2D eigenvalue weighted by atomic mass is 10.2. The summed E-state index contributed by atoms with van der Waals surface area (Å²) in [7, 11) is 1.64. The maximum Gasteiger partial charge on any atom is 0.237 e. The molecule has 1 aromatic carbocycles. The van der Waals surface area contributed by atoms with Crippen molar-refractivity contribution in [3.8, 4) is 16.5 Å². The maximum absolute atomic E-state index is 5.33. The van der Waals surface area contributed by atoms with Gasteiger partial charge in [0.2, 0.25) is 16.9 Å². The van der Waals surface area contributed by atoms with Crippen molar-refractivity contribution in [1.29, 1.82) is 0 Å². The number of methoxy groups -OCH3 is 1. The van der Waals surface area contributed by atoms with Gasteiger partial charge in [-0.15, -0.1) is 16.4 Å². The number of aromatic nitrogens is 6. The van der Waals surface area contributed by atoms with Crippen LogP contribution in [0.5, 0.6) is 5.75 Å². The van der Waals surface area contributed by atoms with Crippen molar-refractivity contribution in [3.63, 3.8) is 0 Å². The monoisotopic (exact) mass is 464 g/mol. The molecule has 0 aliphatic carbocycles. The van der Waals surface area contributed by atoms with Gasteiger partial charge in [-0.3, -0.25) is 0 Å². The third-order valence-electron chi connectivity index (χ3n) is 3.57. The summed E-state index contributed by atoms with van der Waals surface area (Å²) >= 11 is 6.43. The average Bonchev–Trinajstić information content (AvgIpc) is 3.42. The summed E-state index contributed by atoms with van der Waals surface area (Å²) in [6.07, 6.45) is 0. The lowest BCUT2D eigenvalue weighted by molar-refractivity contribution is 0.391. The number of hydrogen-bond acceptors (Lipinski definition) is 9. The van der Waals surface area contributed by atoms with E-state index in [0.717, 1.165) is 20.7 Å². The molecular weight excluding hydrogens is 452 g/mol. The first-order chi connectivity index (χ1) is 13.2. The Morgan fingerprint density at radius 1 is 1.30 bits per heavy atom. The van der Waals surface area contributed by atoms with E-state index < -0.39 is 0 Å². The number of hydrogen-bond donors (Lipinski definition) is 0. The highest BCUT2D eigenvalue weighted by Gasteiger charge is 2.14. The fraction of sp³-hybridized carbons (Fsp3) is 0.188. The van der Waals surface area contributed by atoms with Crippen LogP contribution in [0, 0.1) is 0 Å². The molecule has 8 nitrogen and oxygen atoms in total. The van der Waals surface area contributed by atoms with Crippen molar-refractivity contribution >= 4 is 39.0 Å². The lowest BCUT2D eigenvalue weighted by Gasteiger charge is -2.05. The Kier molecular flexibility index (Phi) is 5.50. The highest BCUT2D eigenvalue weighted by molar-refractivity contribution is 9.10. The van der Waals surface area contributed by atoms with Gasteiger partial charge >= 0.3 is 0 Å². The zero-order chi connectivity index (χ0) is 18.6. The minimum absolute atomic E-state index is 0.489. The largest absolute Gasteiger partial charge is 0.497 e. The van der Waals surface area contributed by atoms with Gasteiger partial charge in [-0.25, -0.2) is 4.68 Å². The van der Waals surface area contributed by atoms with E-state index in [-0.39, 0.29) is 0 Å². The summed E-state index contributed by atoms with van der Waals surface area (Å²) in [6.45, 7) is 0.567. The van der Waals surface area contributed by atoms with Gasteiger partial charge in [0.25, 0.3) is 0 Å². The van der Waals surface area contributed by atoms with Crippen LogP contribution in [0.1, 0.15) is 11.5 Å². The quantitative estimate of drug-likeness (QED) is 0.380. The Hall–Kier alpha value is -2.24. The van der Waals surface area contributed by atoms with E-state index >= 15 is 0 Å². The van der Waals surface area contributed by atoms with Gasteiger partial charge in [-0.1, -0.05) is 29.1 Å². The standard InChI is InChI=1S/C16H13BrN6O2S2/c1-24-12-4-2-10(3-5-12)7-23-16(19-21-22-23)27-9-14-18-15(20-25-14)13-6-11(17)8-26-13/h2-6,8H,7,9H2,1H3. The van der Waals surface area contributed by atoms with Crippen LogP contribution in [0.2, 0.25) is 0 Å². The summed E-state index contributed by atoms with van der Waals surface area (Å²) < 4.78 is 13.2. The topological polar surface area (TPSA) is 91.8 Å². The molecule has 0 fully saturated rings. The number of rotatable bonds is 7. The molecule has 0 aliphatic rings. The predicted molar refractivity (Wildman–Crippen MR) is 105 cm³/mol. The fourth-order valence-electron chi connectivity index (χ4n) is 2.27. The first-order valence-electron chi connectivity index (χ1n) is 7.80. The van der Waals surface area contributed by atoms with Crippen molar-refractivity contribution < 1.29 is 9.26 Å². The Bertz CT molecular complexity index is 1030. The normalized spacial score (nSPS) is 11.0.